The average molecular weight is 253 g/mol. The highest BCUT2D eigenvalue weighted by molar-refractivity contribution is 5.85. The first-order valence-corrected chi connectivity index (χ1v) is 5.40. The van der Waals surface area contributed by atoms with Crippen molar-refractivity contribution in [1.82, 2.24) is 15.3 Å². The van der Waals surface area contributed by atoms with Gasteiger partial charge in [0.15, 0.2) is 0 Å². The summed E-state index contributed by atoms with van der Waals surface area (Å²) in [5, 5.41) is 11.3. The molecule has 1 unspecified atom stereocenters. The standard InChI is InChI=1S/C11H15N3O4/c1-3-5-18-11(17)14-7(4-2)9-12-6-8(13-9)10(15)16/h3,6-7H,1,4-5H2,2H3,(H,12,13)(H,14,17)(H,15,16). The number of alkyl carbamates (subject to hydrolysis) is 1. The number of aromatic nitrogens is 2. The van der Waals surface area contributed by atoms with E-state index in [1.807, 2.05) is 6.92 Å². The van der Waals surface area contributed by atoms with E-state index in [-0.39, 0.29) is 12.3 Å². The van der Waals surface area contributed by atoms with E-state index >= 15 is 0 Å². The van der Waals surface area contributed by atoms with Crippen molar-refractivity contribution < 1.29 is 19.4 Å². The summed E-state index contributed by atoms with van der Waals surface area (Å²) in [6.45, 7) is 5.37. The molecule has 3 N–H and O–H groups in total. The Kier molecular flexibility index (Phi) is 4.91. The van der Waals surface area contributed by atoms with Crippen LogP contribution in [-0.4, -0.2) is 33.7 Å². The van der Waals surface area contributed by atoms with Crippen molar-refractivity contribution in [1.29, 1.82) is 0 Å². The Labute approximate surface area is 104 Å². The molecule has 1 aromatic rings. The van der Waals surface area contributed by atoms with Crippen LogP contribution in [0.3, 0.4) is 0 Å². The third-order valence-electron chi connectivity index (χ3n) is 2.19. The van der Waals surface area contributed by atoms with E-state index in [4.69, 9.17) is 9.84 Å². The van der Waals surface area contributed by atoms with E-state index in [9.17, 15) is 9.59 Å². The van der Waals surface area contributed by atoms with Gasteiger partial charge in [0.25, 0.3) is 0 Å². The summed E-state index contributed by atoms with van der Waals surface area (Å²) >= 11 is 0. The van der Waals surface area contributed by atoms with E-state index in [0.29, 0.717) is 12.2 Å². The molecule has 0 spiro atoms. The van der Waals surface area contributed by atoms with E-state index in [1.165, 1.54) is 12.3 Å². The third-order valence-corrected chi connectivity index (χ3v) is 2.19. The molecule has 1 aromatic heterocycles. The quantitative estimate of drug-likeness (QED) is 0.666. The number of amides is 1. The van der Waals surface area contributed by atoms with Crippen molar-refractivity contribution in [2.45, 2.75) is 19.4 Å². The molecule has 0 bridgehead atoms. The summed E-state index contributed by atoms with van der Waals surface area (Å²) in [6, 6.07) is -0.421. The average Bonchev–Trinajstić information content (AvgIpc) is 2.83. The molecule has 18 heavy (non-hydrogen) atoms. The molecule has 7 nitrogen and oxygen atoms in total. The number of nitrogens with zero attached hydrogens (tertiary/aromatic N) is 1. The van der Waals surface area contributed by atoms with Crippen molar-refractivity contribution in [3.8, 4) is 0 Å². The smallest absolute Gasteiger partial charge is 0.408 e. The van der Waals surface area contributed by atoms with Crippen LogP contribution < -0.4 is 5.32 Å². The van der Waals surface area contributed by atoms with Crippen LogP contribution in [0.2, 0.25) is 0 Å². The molecular formula is C11H15N3O4. The maximum absolute atomic E-state index is 11.3. The molecule has 0 saturated heterocycles. The molecule has 0 aliphatic carbocycles. The number of hydrogen-bond donors (Lipinski definition) is 3. The second-order valence-electron chi connectivity index (χ2n) is 3.48. The predicted octanol–water partition coefficient (Wildman–Crippen LogP) is 1.47. The summed E-state index contributed by atoms with van der Waals surface area (Å²) in [6.07, 6.45) is 2.61. The van der Waals surface area contributed by atoms with Gasteiger partial charge in [0, 0.05) is 0 Å². The van der Waals surface area contributed by atoms with Gasteiger partial charge >= 0.3 is 12.1 Å². The highest BCUT2D eigenvalue weighted by atomic mass is 16.5. The van der Waals surface area contributed by atoms with Crippen LogP contribution in [0.1, 0.15) is 35.7 Å². The Hall–Kier alpha value is -2.31. The fourth-order valence-corrected chi connectivity index (χ4v) is 1.30. The molecule has 0 saturated carbocycles. The molecule has 0 radical (unpaired) electrons. The van der Waals surface area contributed by atoms with E-state index in [1.54, 1.807) is 0 Å². The highest BCUT2D eigenvalue weighted by Crippen LogP contribution is 2.13. The minimum atomic E-state index is -1.10. The van der Waals surface area contributed by atoms with Crippen molar-refractivity contribution in [3.05, 3.63) is 30.4 Å². The first-order chi connectivity index (χ1) is 8.58. The molecule has 1 heterocycles. The number of aromatic carboxylic acids is 1. The van der Waals surface area contributed by atoms with E-state index in [0.717, 1.165) is 0 Å². The predicted molar refractivity (Wildman–Crippen MR) is 63.3 cm³/mol. The number of carbonyl (C=O) groups is 2. The Morgan fingerprint density at radius 1 is 1.72 bits per heavy atom. The number of carboxylic acids is 1. The van der Waals surface area contributed by atoms with Crippen LogP contribution in [0, 0.1) is 0 Å². The molecule has 98 valence electrons. The van der Waals surface area contributed by atoms with Gasteiger partial charge in [0.05, 0.1) is 12.2 Å². The van der Waals surface area contributed by atoms with E-state index in [2.05, 4.69) is 21.9 Å². The minimum Gasteiger partial charge on any atom is -0.477 e. The number of nitrogens with one attached hydrogen (secondary N) is 2. The maximum Gasteiger partial charge on any atom is 0.408 e. The monoisotopic (exact) mass is 253 g/mol. The zero-order chi connectivity index (χ0) is 13.5. The Bertz CT molecular complexity index is 441. The Balaban J connectivity index is 2.67. The molecule has 0 fully saturated rings. The summed E-state index contributed by atoms with van der Waals surface area (Å²) in [7, 11) is 0. The molecular weight excluding hydrogens is 238 g/mol. The highest BCUT2D eigenvalue weighted by Gasteiger charge is 2.18. The van der Waals surface area contributed by atoms with Crippen LogP contribution >= 0.6 is 0 Å². The Morgan fingerprint density at radius 2 is 2.44 bits per heavy atom. The fourth-order valence-electron chi connectivity index (χ4n) is 1.30. The zero-order valence-electron chi connectivity index (χ0n) is 9.97. The van der Waals surface area contributed by atoms with Crippen LogP contribution in [0.25, 0.3) is 0 Å². The van der Waals surface area contributed by atoms with Gasteiger partial charge in [-0.25, -0.2) is 14.6 Å². The lowest BCUT2D eigenvalue weighted by atomic mass is 10.2. The molecule has 0 aliphatic rings. The second kappa shape index (κ2) is 6.43. The maximum atomic E-state index is 11.3. The first kappa shape index (κ1) is 13.8. The summed E-state index contributed by atoms with van der Waals surface area (Å²) in [4.78, 5) is 28.6. The molecule has 1 rings (SSSR count). The van der Waals surface area contributed by atoms with Crippen molar-refractivity contribution >= 4 is 12.1 Å². The van der Waals surface area contributed by atoms with Gasteiger partial charge in [-0.15, -0.1) is 0 Å². The molecule has 7 heteroatoms. The lowest BCUT2D eigenvalue weighted by Gasteiger charge is -2.14. The lowest BCUT2D eigenvalue weighted by molar-refractivity contribution is 0.0691. The Morgan fingerprint density at radius 3 is 2.94 bits per heavy atom. The van der Waals surface area contributed by atoms with Crippen LogP contribution in [0.5, 0.6) is 0 Å². The number of rotatable bonds is 6. The normalized spacial score (nSPS) is 11.6. The van der Waals surface area contributed by atoms with Gasteiger partial charge in [-0.05, 0) is 6.42 Å². The first-order valence-electron chi connectivity index (χ1n) is 5.40. The van der Waals surface area contributed by atoms with Crippen LogP contribution in [0.15, 0.2) is 18.9 Å². The van der Waals surface area contributed by atoms with Crippen LogP contribution in [-0.2, 0) is 4.74 Å². The number of ether oxygens (including phenoxy) is 1. The van der Waals surface area contributed by atoms with E-state index < -0.39 is 18.1 Å². The molecule has 0 aromatic carbocycles. The number of carbonyl (C=O) groups excluding carboxylic acids is 1. The lowest BCUT2D eigenvalue weighted by Crippen LogP contribution is -2.29. The molecule has 0 aliphatic heterocycles. The molecule has 1 atom stereocenters. The summed E-state index contributed by atoms with van der Waals surface area (Å²) in [5.74, 6) is -0.719. The summed E-state index contributed by atoms with van der Waals surface area (Å²) in [5.41, 5.74) is -0.0234. The van der Waals surface area contributed by atoms with Gasteiger partial charge in [-0.2, -0.15) is 0 Å². The number of hydrogen-bond acceptors (Lipinski definition) is 4. The van der Waals surface area contributed by atoms with Crippen molar-refractivity contribution in [3.63, 3.8) is 0 Å². The number of aromatic amines is 1. The second-order valence-corrected chi connectivity index (χ2v) is 3.48. The SMILES string of the molecule is C=CCOC(=O)NC(CC)c1ncc(C(=O)O)[nH]1. The van der Waals surface area contributed by atoms with Gasteiger partial charge in [0.1, 0.15) is 18.1 Å². The molecule has 1 amide bonds. The van der Waals surface area contributed by atoms with Crippen LogP contribution in [0.4, 0.5) is 4.79 Å². The van der Waals surface area contributed by atoms with Gasteiger partial charge < -0.3 is 20.1 Å². The van der Waals surface area contributed by atoms with Gasteiger partial charge in [-0.1, -0.05) is 19.6 Å². The topological polar surface area (TPSA) is 104 Å². The number of imidazole rings is 1. The third kappa shape index (κ3) is 3.62. The van der Waals surface area contributed by atoms with Gasteiger partial charge in [0.2, 0.25) is 0 Å². The van der Waals surface area contributed by atoms with Gasteiger partial charge in [-0.3, -0.25) is 0 Å². The van der Waals surface area contributed by atoms with Crippen molar-refractivity contribution in [2.24, 2.45) is 0 Å². The number of carboxylic acid groups (broad SMARTS) is 1. The zero-order valence-corrected chi connectivity index (χ0v) is 9.97. The number of H-pyrrole nitrogens is 1. The fraction of sp³-hybridized carbons (Fsp3) is 0.364. The summed E-state index contributed by atoms with van der Waals surface area (Å²) < 4.78 is 4.77. The minimum absolute atomic E-state index is 0.0234. The largest absolute Gasteiger partial charge is 0.477 e. The van der Waals surface area contributed by atoms with Crippen molar-refractivity contribution in [2.75, 3.05) is 6.61 Å².